The van der Waals surface area contributed by atoms with Crippen LogP contribution < -0.4 is 5.32 Å². The first-order valence-electron chi connectivity index (χ1n) is 5.49. The Morgan fingerprint density at radius 2 is 2.16 bits per heavy atom. The molecule has 0 heterocycles. The number of rotatable bonds is 7. The third-order valence-corrected chi connectivity index (χ3v) is 2.51. The van der Waals surface area contributed by atoms with Crippen molar-refractivity contribution in [1.29, 1.82) is 0 Å². The fourth-order valence-corrected chi connectivity index (χ4v) is 1.56. The van der Waals surface area contributed by atoms with Crippen LogP contribution in [0.5, 0.6) is 0 Å². The third-order valence-electron chi connectivity index (χ3n) is 2.16. The van der Waals surface area contributed by atoms with Crippen molar-refractivity contribution in [1.82, 2.24) is 5.32 Å². The van der Waals surface area contributed by atoms with E-state index in [-0.39, 0.29) is 30.5 Å². The van der Waals surface area contributed by atoms with Gasteiger partial charge in [0, 0.05) is 11.6 Å². The van der Waals surface area contributed by atoms with Crippen LogP contribution in [0.15, 0.2) is 18.2 Å². The van der Waals surface area contributed by atoms with Gasteiger partial charge >= 0.3 is 5.97 Å². The van der Waals surface area contributed by atoms with Crippen LogP contribution in [0.25, 0.3) is 0 Å². The molecule has 0 saturated heterocycles. The monoisotopic (exact) mass is 289 g/mol. The molecule has 7 heteroatoms. The number of hydrogen-bond acceptors (Lipinski definition) is 3. The maximum atomic E-state index is 12.8. The minimum Gasteiger partial charge on any atom is -0.480 e. The molecule has 2 N–H and O–H groups in total. The van der Waals surface area contributed by atoms with E-state index in [0.717, 1.165) is 6.07 Å². The van der Waals surface area contributed by atoms with Gasteiger partial charge < -0.3 is 15.2 Å². The number of carbonyl (C=O) groups is 2. The number of carbonyl (C=O) groups excluding carboxylic acids is 1. The van der Waals surface area contributed by atoms with Crippen molar-refractivity contribution in [2.45, 2.75) is 6.42 Å². The van der Waals surface area contributed by atoms with Crippen LogP contribution in [0.2, 0.25) is 5.02 Å². The molecule has 0 aliphatic heterocycles. The molecule has 0 unspecified atom stereocenters. The second-order valence-electron chi connectivity index (χ2n) is 3.71. The Kier molecular flexibility index (Phi) is 6.24. The van der Waals surface area contributed by atoms with Gasteiger partial charge in [-0.2, -0.15) is 0 Å². The number of nitrogens with one attached hydrogen (secondary N) is 1. The van der Waals surface area contributed by atoms with Crippen LogP contribution in [-0.4, -0.2) is 36.7 Å². The topological polar surface area (TPSA) is 75.6 Å². The summed E-state index contributed by atoms with van der Waals surface area (Å²) in [5, 5.41) is 11.0. The molecule has 0 fully saturated rings. The first-order valence-corrected chi connectivity index (χ1v) is 5.87. The Bertz CT molecular complexity index is 467. The lowest BCUT2D eigenvalue weighted by molar-refractivity contribution is -0.142. The van der Waals surface area contributed by atoms with Crippen molar-refractivity contribution in [3.05, 3.63) is 34.6 Å². The summed E-state index contributed by atoms with van der Waals surface area (Å²) in [7, 11) is 0. The SMILES string of the molecule is O=C(O)COCCNC(=O)Cc1ccc(F)cc1Cl. The van der Waals surface area contributed by atoms with Crippen LogP contribution in [0, 0.1) is 5.82 Å². The van der Waals surface area contributed by atoms with E-state index in [4.69, 9.17) is 21.4 Å². The molecule has 0 aliphatic rings. The van der Waals surface area contributed by atoms with E-state index in [2.05, 4.69) is 5.32 Å². The van der Waals surface area contributed by atoms with Crippen molar-refractivity contribution in [3.8, 4) is 0 Å². The smallest absolute Gasteiger partial charge is 0.329 e. The van der Waals surface area contributed by atoms with E-state index in [9.17, 15) is 14.0 Å². The van der Waals surface area contributed by atoms with Crippen molar-refractivity contribution < 1.29 is 23.8 Å². The minimum absolute atomic E-state index is 0.0258. The largest absolute Gasteiger partial charge is 0.480 e. The molecular weight excluding hydrogens is 277 g/mol. The lowest BCUT2D eigenvalue weighted by Crippen LogP contribution is -2.29. The van der Waals surface area contributed by atoms with Gasteiger partial charge in [-0.15, -0.1) is 0 Å². The number of carboxylic acid groups (broad SMARTS) is 1. The first kappa shape index (κ1) is 15.4. The zero-order valence-corrected chi connectivity index (χ0v) is 10.7. The predicted octanol–water partition coefficient (Wildman–Crippen LogP) is 1.24. The zero-order valence-electron chi connectivity index (χ0n) is 9.99. The van der Waals surface area contributed by atoms with Crippen LogP contribution in [0.1, 0.15) is 5.56 Å². The fourth-order valence-electron chi connectivity index (χ4n) is 1.32. The third kappa shape index (κ3) is 6.17. The van der Waals surface area contributed by atoms with Gasteiger partial charge in [-0.25, -0.2) is 9.18 Å². The summed E-state index contributed by atoms with van der Waals surface area (Å²) in [5.74, 6) is -1.83. The Balaban J connectivity index is 2.29. The highest BCUT2D eigenvalue weighted by atomic mass is 35.5. The van der Waals surface area contributed by atoms with Gasteiger partial charge in [-0.1, -0.05) is 17.7 Å². The predicted molar refractivity (Wildman–Crippen MR) is 66.6 cm³/mol. The molecule has 5 nitrogen and oxygen atoms in total. The molecule has 0 aromatic heterocycles. The van der Waals surface area contributed by atoms with E-state index in [1.807, 2.05) is 0 Å². The number of amides is 1. The van der Waals surface area contributed by atoms with Gasteiger partial charge in [0.2, 0.25) is 5.91 Å². The van der Waals surface area contributed by atoms with Gasteiger partial charge in [0.1, 0.15) is 12.4 Å². The highest BCUT2D eigenvalue weighted by Crippen LogP contribution is 2.17. The Labute approximate surface area is 114 Å². The summed E-state index contributed by atoms with van der Waals surface area (Å²) >= 11 is 5.78. The summed E-state index contributed by atoms with van der Waals surface area (Å²) in [4.78, 5) is 21.7. The molecule has 1 amide bonds. The summed E-state index contributed by atoms with van der Waals surface area (Å²) < 4.78 is 17.5. The van der Waals surface area contributed by atoms with Gasteiger partial charge in [0.05, 0.1) is 13.0 Å². The molecule has 1 aromatic carbocycles. The number of benzene rings is 1. The van der Waals surface area contributed by atoms with Crippen molar-refractivity contribution in [2.24, 2.45) is 0 Å². The molecular formula is C12H13ClFNO4. The molecule has 0 bridgehead atoms. The van der Waals surface area contributed by atoms with Crippen molar-refractivity contribution in [3.63, 3.8) is 0 Å². The second kappa shape index (κ2) is 7.70. The number of hydrogen-bond donors (Lipinski definition) is 2. The number of aliphatic carboxylic acids is 1. The average Bonchev–Trinajstić information content (AvgIpc) is 2.32. The molecule has 104 valence electrons. The standard InChI is InChI=1S/C12H13ClFNO4/c13-10-6-9(14)2-1-8(10)5-11(16)15-3-4-19-7-12(17)18/h1-2,6H,3-5,7H2,(H,15,16)(H,17,18). The Morgan fingerprint density at radius 1 is 1.42 bits per heavy atom. The normalized spacial score (nSPS) is 10.2. The van der Waals surface area contributed by atoms with Crippen LogP contribution in [-0.2, 0) is 20.7 Å². The maximum Gasteiger partial charge on any atom is 0.329 e. The van der Waals surface area contributed by atoms with Crippen LogP contribution in [0.4, 0.5) is 4.39 Å². The molecule has 1 aromatic rings. The quantitative estimate of drug-likeness (QED) is 0.741. The molecule has 0 saturated carbocycles. The molecule has 0 spiro atoms. The summed E-state index contributed by atoms with van der Waals surface area (Å²) in [6.45, 7) is -0.0974. The second-order valence-corrected chi connectivity index (χ2v) is 4.12. The molecule has 0 atom stereocenters. The fraction of sp³-hybridized carbons (Fsp3) is 0.333. The number of halogens is 2. The van der Waals surface area contributed by atoms with Gasteiger partial charge in [0.15, 0.2) is 0 Å². The lowest BCUT2D eigenvalue weighted by Gasteiger charge is -2.06. The minimum atomic E-state index is -1.07. The van der Waals surface area contributed by atoms with E-state index in [1.54, 1.807) is 0 Å². The molecule has 1 rings (SSSR count). The number of carboxylic acids is 1. The lowest BCUT2D eigenvalue weighted by atomic mass is 10.1. The van der Waals surface area contributed by atoms with E-state index >= 15 is 0 Å². The summed E-state index contributed by atoms with van der Waals surface area (Å²) in [5.41, 5.74) is 0.520. The molecule has 19 heavy (non-hydrogen) atoms. The number of ether oxygens (including phenoxy) is 1. The van der Waals surface area contributed by atoms with E-state index in [0.29, 0.717) is 5.56 Å². The van der Waals surface area contributed by atoms with Gasteiger partial charge in [-0.05, 0) is 17.7 Å². The highest BCUT2D eigenvalue weighted by Gasteiger charge is 2.07. The van der Waals surface area contributed by atoms with E-state index < -0.39 is 18.4 Å². The molecule has 0 radical (unpaired) electrons. The maximum absolute atomic E-state index is 12.8. The summed E-state index contributed by atoms with van der Waals surface area (Å²) in [6, 6.07) is 3.81. The van der Waals surface area contributed by atoms with Gasteiger partial charge in [0.25, 0.3) is 0 Å². The van der Waals surface area contributed by atoms with E-state index in [1.165, 1.54) is 12.1 Å². The average molecular weight is 290 g/mol. The van der Waals surface area contributed by atoms with Crippen molar-refractivity contribution in [2.75, 3.05) is 19.8 Å². The highest BCUT2D eigenvalue weighted by molar-refractivity contribution is 6.31. The van der Waals surface area contributed by atoms with Crippen molar-refractivity contribution >= 4 is 23.5 Å². The molecule has 0 aliphatic carbocycles. The Hall–Kier alpha value is -1.66. The van der Waals surface area contributed by atoms with Gasteiger partial charge in [-0.3, -0.25) is 4.79 Å². The Morgan fingerprint density at radius 3 is 2.79 bits per heavy atom. The van der Waals surface area contributed by atoms with Crippen LogP contribution in [0.3, 0.4) is 0 Å². The zero-order chi connectivity index (χ0) is 14.3. The van der Waals surface area contributed by atoms with Crippen LogP contribution >= 0.6 is 11.6 Å². The first-order chi connectivity index (χ1) is 8.99. The summed E-state index contributed by atoms with van der Waals surface area (Å²) in [6.07, 6.45) is 0.0258.